The third-order valence-electron chi connectivity index (χ3n) is 5.71. The van der Waals surface area contributed by atoms with E-state index in [0.717, 1.165) is 25.9 Å². The summed E-state index contributed by atoms with van der Waals surface area (Å²) in [5.41, 5.74) is -0.690. The molecule has 1 aliphatic heterocycles. The number of benzene rings is 1. The van der Waals surface area contributed by atoms with Crippen LogP contribution < -0.4 is 4.74 Å². The number of hydrogen-bond donors (Lipinski definition) is 0. The van der Waals surface area contributed by atoms with E-state index in [1.807, 2.05) is 13.8 Å². The van der Waals surface area contributed by atoms with Gasteiger partial charge in [-0.25, -0.2) is 18.7 Å². The Kier molecular flexibility index (Phi) is 6.94. The standard InChI is InChI=1S/C22H29F2N3O/c1-3-22(24,4-2)16-27-11-9-17(10-12-27)15-28-18-13-25-21(26-14-18)19-7-5-6-8-20(19)23/h5-8,13-14,17H,3-4,9-12,15-16H2,1-2H3. The normalized spacial score (nSPS) is 16.3. The molecule has 2 heterocycles. The van der Waals surface area contributed by atoms with Crippen molar-refractivity contribution in [1.82, 2.24) is 14.9 Å². The van der Waals surface area contributed by atoms with Crippen molar-refractivity contribution in [3.05, 3.63) is 42.5 Å². The van der Waals surface area contributed by atoms with E-state index in [4.69, 9.17) is 4.74 Å². The van der Waals surface area contributed by atoms with Crippen molar-refractivity contribution in [1.29, 1.82) is 0 Å². The maximum absolute atomic E-state index is 14.6. The molecule has 0 bridgehead atoms. The summed E-state index contributed by atoms with van der Waals surface area (Å²) >= 11 is 0. The van der Waals surface area contributed by atoms with Gasteiger partial charge in [-0.1, -0.05) is 26.0 Å². The molecule has 6 heteroatoms. The summed E-state index contributed by atoms with van der Waals surface area (Å²) in [7, 11) is 0. The van der Waals surface area contributed by atoms with Crippen molar-refractivity contribution < 1.29 is 13.5 Å². The lowest BCUT2D eigenvalue weighted by molar-refractivity contribution is 0.0568. The summed E-state index contributed by atoms with van der Waals surface area (Å²) in [5, 5.41) is 0. The molecule has 0 N–H and O–H groups in total. The van der Waals surface area contributed by atoms with E-state index in [1.54, 1.807) is 30.6 Å². The quantitative estimate of drug-likeness (QED) is 0.644. The molecule has 0 atom stereocenters. The van der Waals surface area contributed by atoms with Crippen LogP contribution in [0.5, 0.6) is 5.75 Å². The fourth-order valence-electron chi connectivity index (χ4n) is 3.57. The first-order valence-electron chi connectivity index (χ1n) is 10.1. The number of alkyl halides is 1. The van der Waals surface area contributed by atoms with Gasteiger partial charge in [0.15, 0.2) is 11.6 Å². The molecule has 1 aliphatic rings. The van der Waals surface area contributed by atoms with E-state index in [0.29, 0.717) is 49.0 Å². The Morgan fingerprint density at radius 3 is 2.36 bits per heavy atom. The van der Waals surface area contributed by atoms with Gasteiger partial charge in [0.2, 0.25) is 0 Å². The molecular formula is C22H29F2N3O. The summed E-state index contributed by atoms with van der Waals surface area (Å²) in [4.78, 5) is 10.7. The number of nitrogens with zero attached hydrogens (tertiary/aromatic N) is 3. The highest BCUT2D eigenvalue weighted by Crippen LogP contribution is 2.26. The van der Waals surface area contributed by atoms with Gasteiger partial charge < -0.3 is 9.64 Å². The van der Waals surface area contributed by atoms with E-state index in [9.17, 15) is 8.78 Å². The Hall–Kier alpha value is -2.08. The average molecular weight is 389 g/mol. The van der Waals surface area contributed by atoms with Crippen LogP contribution in [0.3, 0.4) is 0 Å². The number of ether oxygens (including phenoxy) is 1. The zero-order chi connectivity index (χ0) is 20.0. The Bertz CT molecular complexity index is 742. The van der Waals surface area contributed by atoms with Crippen LogP contribution in [-0.2, 0) is 0 Å². The molecule has 0 unspecified atom stereocenters. The third-order valence-corrected chi connectivity index (χ3v) is 5.71. The number of hydrogen-bond acceptors (Lipinski definition) is 4. The maximum Gasteiger partial charge on any atom is 0.162 e. The van der Waals surface area contributed by atoms with E-state index in [2.05, 4.69) is 14.9 Å². The van der Waals surface area contributed by atoms with Gasteiger partial charge >= 0.3 is 0 Å². The van der Waals surface area contributed by atoms with Crippen molar-refractivity contribution in [3.63, 3.8) is 0 Å². The van der Waals surface area contributed by atoms with Crippen molar-refractivity contribution in [2.75, 3.05) is 26.2 Å². The highest BCUT2D eigenvalue weighted by molar-refractivity contribution is 5.55. The number of halogens is 2. The molecule has 0 spiro atoms. The van der Waals surface area contributed by atoms with Crippen LogP contribution in [0.2, 0.25) is 0 Å². The van der Waals surface area contributed by atoms with Crippen LogP contribution in [0, 0.1) is 11.7 Å². The maximum atomic E-state index is 14.6. The lowest BCUT2D eigenvalue weighted by atomic mass is 9.94. The van der Waals surface area contributed by atoms with Crippen LogP contribution in [0.4, 0.5) is 8.78 Å². The minimum absolute atomic E-state index is 0.341. The molecule has 4 nitrogen and oxygen atoms in total. The molecule has 0 saturated carbocycles. The van der Waals surface area contributed by atoms with Crippen LogP contribution in [-0.4, -0.2) is 46.8 Å². The minimum atomic E-state index is -1.07. The fourth-order valence-corrected chi connectivity index (χ4v) is 3.57. The molecule has 0 amide bonds. The highest BCUT2D eigenvalue weighted by Gasteiger charge is 2.30. The Morgan fingerprint density at radius 2 is 1.75 bits per heavy atom. The molecule has 1 aromatic carbocycles. The van der Waals surface area contributed by atoms with Crippen molar-refractivity contribution in [2.45, 2.75) is 45.2 Å². The number of aromatic nitrogens is 2. The van der Waals surface area contributed by atoms with Gasteiger partial charge in [0.25, 0.3) is 0 Å². The molecule has 1 saturated heterocycles. The van der Waals surface area contributed by atoms with Gasteiger partial charge in [-0.3, -0.25) is 0 Å². The molecule has 1 aromatic heterocycles. The summed E-state index contributed by atoms with van der Waals surface area (Å²) < 4.78 is 34.2. The van der Waals surface area contributed by atoms with Gasteiger partial charge in [-0.15, -0.1) is 0 Å². The lowest BCUT2D eigenvalue weighted by Gasteiger charge is -2.36. The van der Waals surface area contributed by atoms with Crippen molar-refractivity contribution in [3.8, 4) is 17.1 Å². The monoisotopic (exact) mass is 389 g/mol. The zero-order valence-corrected chi connectivity index (χ0v) is 16.7. The second kappa shape index (κ2) is 9.41. The van der Waals surface area contributed by atoms with E-state index in [1.165, 1.54) is 6.07 Å². The van der Waals surface area contributed by atoms with Gasteiger partial charge in [0.05, 0.1) is 24.6 Å². The summed E-state index contributed by atoms with van der Waals surface area (Å²) in [6.45, 7) is 6.77. The van der Waals surface area contributed by atoms with Gasteiger partial charge in [-0.2, -0.15) is 0 Å². The van der Waals surface area contributed by atoms with E-state index < -0.39 is 5.67 Å². The molecule has 28 heavy (non-hydrogen) atoms. The minimum Gasteiger partial charge on any atom is -0.490 e. The Morgan fingerprint density at radius 1 is 1.11 bits per heavy atom. The molecule has 3 rings (SSSR count). The number of piperidine rings is 1. The predicted molar refractivity (Wildman–Crippen MR) is 107 cm³/mol. The lowest BCUT2D eigenvalue weighted by Crippen LogP contribution is -2.44. The predicted octanol–water partition coefficient (Wildman–Crippen LogP) is 4.90. The first kappa shape index (κ1) is 20.6. The van der Waals surface area contributed by atoms with Crippen molar-refractivity contribution >= 4 is 0 Å². The molecule has 1 fully saturated rings. The summed E-state index contributed by atoms with van der Waals surface area (Å²) in [6, 6.07) is 6.44. The number of likely N-dealkylation sites (tertiary alicyclic amines) is 1. The molecule has 0 aliphatic carbocycles. The Labute approximate surface area is 166 Å². The zero-order valence-electron chi connectivity index (χ0n) is 16.7. The van der Waals surface area contributed by atoms with Crippen LogP contribution >= 0.6 is 0 Å². The van der Waals surface area contributed by atoms with E-state index >= 15 is 0 Å². The van der Waals surface area contributed by atoms with Crippen LogP contribution in [0.15, 0.2) is 36.7 Å². The van der Waals surface area contributed by atoms with E-state index in [-0.39, 0.29) is 5.82 Å². The van der Waals surface area contributed by atoms with Gasteiger partial charge in [-0.05, 0) is 56.8 Å². The van der Waals surface area contributed by atoms with Gasteiger partial charge in [0, 0.05) is 6.54 Å². The third kappa shape index (κ3) is 5.25. The first-order valence-corrected chi connectivity index (χ1v) is 10.1. The second-order valence-corrected chi connectivity index (χ2v) is 7.61. The Balaban J connectivity index is 1.46. The fraction of sp³-hybridized carbons (Fsp3) is 0.545. The molecular weight excluding hydrogens is 360 g/mol. The molecule has 152 valence electrons. The summed E-state index contributed by atoms with van der Waals surface area (Å²) in [6.07, 6.45) is 6.30. The summed E-state index contributed by atoms with van der Waals surface area (Å²) in [5.74, 6) is 1.04. The highest BCUT2D eigenvalue weighted by atomic mass is 19.1. The first-order chi connectivity index (χ1) is 13.5. The van der Waals surface area contributed by atoms with Crippen molar-refractivity contribution in [2.24, 2.45) is 5.92 Å². The molecule has 2 aromatic rings. The largest absolute Gasteiger partial charge is 0.490 e. The number of rotatable bonds is 8. The van der Waals surface area contributed by atoms with Gasteiger partial charge in [0.1, 0.15) is 11.5 Å². The molecule has 0 radical (unpaired) electrons. The SMILES string of the molecule is CCC(F)(CC)CN1CCC(COc2cnc(-c3ccccc3F)nc2)CC1. The van der Waals surface area contributed by atoms with Crippen LogP contribution in [0.1, 0.15) is 39.5 Å². The van der Waals surface area contributed by atoms with Crippen LogP contribution in [0.25, 0.3) is 11.4 Å². The topological polar surface area (TPSA) is 38.2 Å². The smallest absolute Gasteiger partial charge is 0.162 e. The second-order valence-electron chi connectivity index (χ2n) is 7.61. The average Bonchev–Trinajstić information content (AvgIpc) is 2.74.